The molecule has 32 heavy (non-hydrogen) atoms. The number of carbonyl (C=O) groups excluding carboxylic acids is 1. The van der Waals surface area contributed by atoms with E-state index in [4.69, 9.17) is 4.98 Å². The van der Waals surface area contributed by atoms with Crippen molar-refractivity contribution in [1.82, 2.24) is 9.55 Å². The van der Waals surface area contributed by atoms with Crippen molar-refractivity contribution in [2.24, 2.45) is 0 Å². The molecule has 2 aromatic carbocycles. The molecule has 0 saturated heterocycles. The minimum absolute atomic E-state index is 0.708. The van der Waals surface area contributed by atoms with Crippen LogP contribution in [0.3, 0.4) is 0 Å². The Morgan fingerprint density at radius 3 is 1.88 bits per heavy atom. The van der Waals surface area contributed by atoms with E-state index in [9.17, 15) is 4.79 Å². The maximum atomic E-state index is 11.3. The van der Waals surface area contributed by atoms with Crippen molar-refractivity contribution < 1.29 is 4.79 Å². The molecule has 0 spiro atoms. The molecule has 4 rings (SSSR count). The van der Waals surface area contributed by atoms with Gasteiger partial charge in [-0.15, -0.1) is 11.3 Å². The first-order chi connectivity index (χ1) is 15.4. The van der Waals surface area contributed by atoms with E-state index in [-0.39, 0.29) is 0 Å². The molecular formula is C26H28N4OS. The van der Waals surface area contributed by atoms with Crippen LogP contribution in [-0.4, -0.2) is 44.0 Å². The molecule has 0 aliphatic carbocycles. The third-order valence-corrected chi connectivity index (χ3v) is 6.57. The van der Waals surface area contributed by atoms with Gasteiger partial charge in [0.05, 0.1) is 21.1 Å². The van der Waals surface area contributed by atoms with Crippen LogP contribution in [0.25, 0.3) is 33.2 Å². The molecule has 0 N–H and O–H groups in total. The number of rotatable bonds is 7. The Hall–Kier alpha value is -3.38. The molecule has 164 valence electrons. The average Bonchev–Trinajstić information content (AvgIpc) is 3.43. The molecule has 0 saturated carbocycles. The number of thiophene rings is 1. The molecule has 2 heterocycles. The number of imidazole rings is 1. The summed E-state index contributed by atoms with van der Waals surface area (Å²) in [4.78, 5) is 22.3. The predicted molar refractivity (Wildman–Crippen MR) is 136 cm³/mol. The summed E-state index contributed by atoms with van der Waals surface area (Å²) in [6, 6.07) is 20.9. The fraction of sp³-hybridized carbons (Fsp3) is 0.231. The fourth-order valence-electron chi connectivity index (χ4n) is 3.81. The van der Waals surface area contributed by atoms with E-state index >= 15 is 0 Å². The molecule has 0 unspecified atom stereocenters. The minimum atomic E-state index is 0.708. The van der Waals surface area contributed by atoms with Gasteiger partial charge in [0.15, 0.2) is 12.1 Å². The Morgan fingerprint density at radius 2 is 1.41 bits per heavy atom. The van der Waals surface area contributed by atoms with Crippen LogP contribution in [-0.2, 0) is 6.54 Å². The van der Waals surface area contributed by atoms with Crippen molar-refractivity contribution in [2.75, 3.05) is 38.0 Å². The molecule has 0 amide bonds. The molecule has 6 heteroatoms. The van der Waals surface area contributed by atoms with Crippen molar-refractivity contribution >= 4 is 29.0 Å². The van der Waals surface area contributed by atoms with Crippen LogP contribution in [0.15, 0.2) is 60.7 Å². The summed E-state index contributed by atoms with van der Waals surface area (Å²) >= 11 is 1.48. The van der Waals surface area contributed by atoms with Crippen LogP contribution in [0, 0.1) is 0 Å². The number of aldehydes is 1. The molecule has 0 bridgehead atoms. The first kappa shape index (κ1) is 21.8. The van der Waals surface area contributed by atoms with Gasteiger partial charge in [0.25, 0.3) is 0 Å². The standard InChI is InChI=1S/C26H28N4OS/c1-6-30-25(19-9-13-21(14-10-19)29(4)5)24(18-7-11-20(12-8-18)28(2)3)27-26(30)23-16-15-22(17-31)32-23/h7-17H,6H2,1-5H3. The minimum Gasteiger partial charge on any atom is -0.378 e. The molecule has 0 atom stereocenters. The van der Waals surface area contributed by atoms with E-state index in [0.717, 1.165) is 57.4 Å². The highest BCUT2D eigenvalue weighted by molar-refractivity contribution is 7.17. The molecule has 0 aliphatic heterocycles. The summed E-state index contributed by atoms with van der Waals surface area (Å²) in [5.41, 5.74) is 6.53. The number of nitrogens with zero attached hydrogens (tertiary/aromatic N) is 4. The first-order valence-corrected chi connectivity index (χ1v) is 11.5. The SMILES string of the molecule is CCn1c(-c2ccc(C=O)s2)nc(-c2ccc(N(C)C)cc2)c1-c1ccc(N(C)C)cc1. The van der Waals surface area contributed by atoms with Crippen molar-refractivity contribution in [3.05, 3.63) is 65.5 Å². The molecule has 2 aromatic heterocycles. The zero-order chi connectivity index (χ0) is 22.8. The second-order valence-corrected chi connectivity index (χ2v) is 9.19. The Bertz CT molecular complexity index is 1220. The second kappa shape index (κ2) is 9.01. The van der Waals surface area contributed by atoms with Gasteiger partial charge >= 0.3 is 0 Å². The Kier molecular flexibility index (Phi) is 6.15. The number of carbonyl (C=O) groups is 1. The normalized spacial score (nSPS) is 10.9. The summed E-state index contributed by atoms with van der Waals surface area (Å²) in [5, 5.41) is 0. The maximum absolute atomic E-state index is 11.3. The molecule has 0 aliphatic rings. The Morgan fingerprint density at radius 1 is 0.844 bits per heavy atom. The molecule has 5 nitrogen and oxygen atoms in total. The molecule has 4 aromatic rings. The lowest BCUT2D eigenvalue weighted by molar-refractivity contribution is 0.112. The lowest BCUT2D eigenvalue weighted by Gasteiger charge is -2.15. The van der Waals surface area contributed by atoms with Crippen molar-refractivity contribution in [3.8, 4) is 33.2 Å². The number of hydrogen-bond donors (Lipinski definition) is 0. The van der Waals surface area contributed by atoms with Crippen LogP contribution in [0.5, 0.6) is 0 Å². The summed E-state index contributed by atoms with van der Waals surface area (Å²) in [6.07, 6.45) is 0.898. The monoisotopic (exact) mass is 444 g/mol. The lowest BCUT2D eigenvalue weighted by atomic mass is 10.0. The smallest absolute Gasteiger partial charge is 0.160 e. The quantitative estimate of drug-likeness (QED) is 0.332. The van der Waals surface area contributed by atoms with Gasteiger partial charge in [-0.3, -0.25) is 4.79 Å². The van der Waals surface area contributed by atoms with E-state index in [1.165, 1.54) is 11.3 Å². The van der Waals surface area contributed by atoms with E-state index in [1.54, 1.807) is 0 Å². The third-order valence-electron chi connectivity index (χ3n) is 5.56. The average molecular weight is 445 g/mol. The Labute approximate surface area is 193 Å². The topological polar surface area (TPSA) is 41.4 Å². The van der Waals surface area contributed by atoms with Crippen molar-refractivity contribution in [2.45, 2.75) is 13.5 Å². The van der Waals surface area contributed by atoms with Gasteiger partial charge in [0.2, 0.25) is 0 Å². The molecule has 0 fully saturated rings. The highest BCUT2D eigenvalue weighted by Gasteiger charge is 2.21. The molecular weight excluding hydrogens is 416 g/mol. The maximum Gasteiger partial charge on any atom is 0.160 e. The van der Waals surface area contributed by atoms with E-state index < -0.39 is 0 Å². The van der Waals surface area contributed by atoms with Gasteiger partial charge < -0.3 is 14.4 Å². The van der Waals surface area contributed by atoms with E-state index in [2.05, 4.69) is 69.8 Å². The van der Waals surface area contributed by atoms with Gasteiger partial charge in [-0.25, -0.2) is 4.98 Å². The van der Waals surface area contributed by atoms with Gasteiger partial charge in [0.1, 0.15) is 0 Å². The van der Waals surface area contributed by atoms with Gasteiger partial charge in [-0.05, 0) is 43.3 Å². The van der Waals surface area contributed by atoms with Crippen LogP contribution < -0.4 is 9.80 Å². The van der Waals surface area contributed by atoms with E-state index in [0.29, 0.717) is 4.88 Å². The number of aromatic nitrogens is 2. The second-order valence-electron chi connectivity index (χ2n) is 8.08. The zero-order valence-corrected chi connectivity index (χ0v) is 20.0. The first-order valence-electron chi connectivity index (χ1n) is 10.6. The van der Waals surface area contributed by atoms with Crippen LogP contribution in [0.2, 0.25) is 0 Å². The lowest BCUT2D eigenvalue weighted by Crippen LogP contribution is -2.08. The predicted octanol–water partition coefficient (Wildman–Crippen LogP) is 5.91. The van der Waals surface area contributed by atoms with Crippen LogP contribution in [0.1, 0.15) is 16.6 Å². The largest absolute Gasteiger partial charge is 0.378 e. The zero-order valence-electron chi connectivity index (χ0n) is 19.2. The number of hydrogen-bond acceptors (Lipinski definition) is 5. The summed E-state index contributed by atoms with van der Waals surface area (Å²) in [6.45, 7) is 2.91. The number of benzene rings is 2. The summed E-state index contributed by atoms with van der Waals surface area (Å²) < 4.78 is 2.25. The van der Waals surface area contributed by atoms with Crippen molar-refractivity contribution in [1.29, 1.82) is 0 Å². The van der Waals surface area contributed by atoms with Gasteiger partial charge in [-0.2, -0.15) is 0 Å². The third kappa shape index (κ3) is 4.06. The summed E-state index contributed by atoms with van der Waals surface area (Å²) in [7, 11) is 8.17. The highest BCUT2D eigenvalue weighted by atomic mass is 32.1. The van der Waals surface area contributed by atoms with Crippen LogP contribution in [0.4, 0.5) is 11.4 Å². The van der Waals surface area contributed by atoms with Crippen molar-refractivity contribution in [3.63, 3.8) is 0 Å². The fourth-order valence-corrected chi connectivity index (χ4v) is 4.64. The van der Waals surface area contributed by atoms with Gasteiger partial charge in [0, 0.05) is 57.2 Å². The Balaban J connectivity index is 1.93. The van der Waals surface area contributed by atoms with E-state index in [1.807, 2.05) is 40.3 Å². The van der Waals surface area contributed by atoms with Crippen LogP contribution >= 0.6 is 11.3 Å². The summed E-state index contributed by atoms with van der Waals surface area (Å²) in [5.74, 6) is 0.893. The number of anilines is 2. The highest BCUT2D eigenvalue weighted by Crippen LogP contribution is 2.38. The van der Waals surface area contributed by atoms with Gasteiger partial charge in [-0.1, -0.05) is 24.3 Å². The molecule has 0 radical (unpaired) electrons.